The van der Waals surface area contributed by atoms with Crippen molar-refractivity contribution in [2.45, 2.75) is 45.3 Å². The molecule has 0 aliphatic heterocycles. The van der Waals surface area contributed by atoms with E-state index in [0.717, 1.165) is 25.3 Å². The molecule has 0 saturated carbocycles. The van der Waals surface area contributed by atoms with Crippen LogP contribution >= 0.6 is 0 Å². The van der Waals surface area contributed by atoms with E-state index in [4.69, 9.17) is 4.42 Å². The van der Waals surface area contributed by atoms with E-state index in [-0.39, 0.29) is 0 Å². The molecule has 0 aliphatic rings. The molecule has 140 valence electrons. The SMILES string of the molecule is Cc1cc(CCCc2ccccc2)oc(=O)c1C(=O)NC(C)C(F)(F)F. The molecule has 2 rings (SSSR count). The Kier molecular flexibility index (Phi) is 6.23. The fourth-order valence-corrected chi connectivity index (χ4v) is 2.53. The van der Waals surface area contributed by atoms with Gasteiger partial charge in [0.2, 0.25) is 0 Å². The molecule has 1 N–H and O–H groups in total. The van der Waals surface area contributed by atoms with Gasteiger partial charge in [0.15, 0.2) is 0 Å². The van der Waals surface area contributed by atoms with Crippen LogP contribution in [0.5, 0.6) is 0 Å². The van der Waals surface area contributed by atoms with E-state index in [1.807, 2.05) is 30.3 Å². The molecule has 0 fully saturated rings. The van der Waals surface area contributed by atoms with Gasteiger partial charge in [-0.2, -0.15) is 13.2 Å². The highest BCUT2D eigenvalue weighted by atomic mass is 19.4. The van der Waals surface area contributed by atoms with Crippen LogP contribution in [-0.4, -0.2) is 18.1 Å². The molecular weight excluding hydrogens is 347 g/mol. The van der Waals surface area contributed by atoms with Crippen molar-refractivity contribution in [2.24, 2.45) is 0 Å². The number of alkyl halides is 3. The summed E-state index contributed by atoms with van der Waals surface area (Å²) in [6.07, 6.45) is -2.55. The normalized spacial score (nSPS) is 12.7. The van der Waals surface area contributed by atoms with Crippen molar-refractivity contribution in [3.05, 3.63) is 69.3 Å². The second-order valence-electron chi connectivity index (χ2n) is 6.13. The van der Waals surface area contributed by atoms with Gasteiger partial charge in [-0.3, -0.25) is 4.79 Å². The third-order valence-corrected chi connectivity index (χ3v) is 4.00. The molecule has 4 nitrogen and oxygen atoms in total. The average molecular weight is 367 g/mol. The quantitative estimate of drug-likeness (QED) is 0.845. The summed E-state index contributed by atoms with van der Waals surface area (Å²) in [5.41, 5.74) is 0.131. The van der Waals surface area contributed by atoms with E-state index in [2.05, 4.69) is 0 Å². The molecule has 1 unspecified atom stereocenters. The molecule has 1 heterocycles. The number of hydrogen-bond donors (Lipinski definition) is 1. The number of carbonyl (C=O) groups excluding carboxylic acids is 1. The van der Waals surface area contributed by atoms with Crippen LogP contribution in [0.3, 0.4) is 0 Å². The summed E-state index contributed by atoms with van der Waals surface area (Å²) in [4.78, 5) is 24.0. The van der Waals surface area contributed by atoms with Crippen LogP contribution in [0, 0.1) is 6.92 Å². The highest BCUT2D eigenvalue weighted by molar-refractivity contribution is 5.95. The summed E-state index contributed by atoms with van der Waals surface area (Å²) in [5, 5.41) is 1.78. The molecule has 0 radical (unpaired) electrons. The van der Waals surface area contributed by atoms with Crippen LogP contribution in [0.15, 0.2) is 45.6 Å². The van der Waals surface area contributed by atoms with Crippen LogP contribution < -0.4 is 10.9 Å². The van der Waals surface area contributed by atoms with Gasteiger partial charge in [-0.1, -0.05) is 30.3 Å². The van der Waals surface area contributed by atoms with Crippen molar-refractivity contribution in [3.8, 4) is 0 Å². The van der Waals surface area contributed by atoms with E-state index >= 15 is 0 Å². The Hall–Kier alpha value is -2.57. The van der Waals surface area contributed by atoms with Gasteiger partial charge in [-0.05, 0) is 43.9 Å². The minimum Gasteiger partial charge on any atom is -0.427 e. The summed E-state index contributed by atoms with van der Waals surface area (Å²) in [6.45, 7) is 2.32. The number of amides is 1. The molecule has 0 spiro atoms. The van der Waals surface area contributed by atoms with E-state index in [9.17, 15) is 22.8 Å². The van der Waals surface area contributed by atoms with Crippen LogP contribution in [0.1, 0.15) is 40.6 Å². The first-order valence-corrected chi connectivity index (χ1v) is 8.23. The molecule has 1 aromatic heterocycles. The molecule has 0 saturated heterocycles. The molecule has 2 aromatic rings. The topological polar surface area (TPSA) is 59.3 Å². The fourth-order valence-electron chi connectivity index (χ4n) is 2.53. The van der Waals surface area contributed by atoms with Crippen molar-refractivity contribution < 1.29 is 22.4 Å². The molecule has 0 aliphatic carbocycles. The second-order valence-corrected chi connectivity index (χ2v) is 6.13. The van der Waals surface area contributed by atoms with E-state index in [1.54, 1.807) is 5.32 Å². The van der Waals surface area contributed by atoms with Gasteiger partial charge in [0.1, 0.15) is 17.4 Å². The lowest BCUT2D eigenvalue weighted by Crippen LogP contribution is -2.44. The first-order valence-electron chi connectivity index (χ1n) is 8.23. The summed E-state index contributed by atoms with van der Waals surface area (Å²) in [6, 6.07) is 9.27. The Morgan fingerprint density at radius 1 is 1.19 bits per heavy atom. The van der Waals surface area contributed by atoms with Gasteiger partial charge < -0.3 is 9.73 Å². The maximum atomic E-state index is 12.6. The average Bonchev–Trinajstić information content (AvgIpc) is 2.54. The number of carbonyl (C=O) groups is 1. The first kappa shape index (κ1) is 19.8. The van der Waals surface area contributed by atoms with Crippen LogP contribution in [-0.2, 0) is 12.8 Å². The largest absolute Gasteiger partial charge is 0.427 e. The highest BCUT2D eigenvalue weighted by Gasteiger charge is 2.37. The fraction of sp³-hybridized carbons (Fsp3) is 0.368. The maximum Gasteiger partial charge on any atom is 0.408 e. The summed E-state index contributed by atoms with van der Waals surface area (Å²) in [7, 11) is 0. The summed E-state index contributed by atoms with van der Waals surface area (Å²) < 4.78 is 42.8. The Bertz CT molecular complexity index is 813. The predicted molar refractivity (Wildman–Crippen MR) is 91.2 cm³/mol. The molecule has 1 amide bonds. The van der Waals surface area contributed by atoms with Crippen molar-refractivity contribution >= 4 is 5.91 Å². The van der Waals surface area contributed by atoms with Gasteiger partial charge in [0.25, 0.3) is 5.91 Å². The molecule has 1 aromatic carbocycles. The second kappa shape index (κ2) is 8.21. The lowest BCUT2D eigenvalue weighted by molar-refractivity contribution is -0.149. The van der Waals surface area contributed by atoms with Crippen LogP contribution in [0.4, 0.5) is 13.2 Å². The minimum absolute atomic E-state index is 0.294. The Morgan fingerprint density at radius 2 is 1.85 bits per heavy atom. The Balaban J connectivity index is 2.05. The van der Waals surface area contributed by atoms with E-state index in [0.29, 0.717) is 17.7 Å². The molecule has 1 atom stereocenters. The monoisotopic (exact) mass is 367 g/mol. The third kappa shape index (κ3) is 5.21. The third-order valence-electron chi connectivity index (χ3n) is 4.00. The zero-order valence-corrected chi connectivity index (χ0v) is 14.5. The zero-order chi connectivity index (χ0) is 19.3. The van der Waals surface area contributed by atoms with E-state index < -0.39 is 29.3 Å². The Morgan fingerprint density at radius 3 is 2.42 bits per heavy atom. The molecule has 7 heteroatoms. The number of benzene rings is 1. The summed E-state index contributed by atoms with van der Waals surface area (Å²) >= 11 is 0. The van der Waals surface area contributed by atoms with Gasteiger partial charge in [0, 0.05) is 6.42 Å². The number of halogens is 3. The maximum absolute atomic E-state index is 12.6. The lowest BCUT2D eigenvalue weighted by atomic mass is 10.1. The smallest absolute Gasteiger partial charge is 0.408 e. The van der Waals surface area contributed by atoms with Gasteiger partial charge in [0.05, 0.1) is 0 Å². The van der Waals surface area contributed by atoms with Gasteiger partial charge >= 0.3 is 11.8 Å². The van der Waals surface area contributed by atoms with Gasteiger partial charge in [-0.15, -0.1) is 0 Å². The number of rotatable bonds is 6. The van der Waals surface area contributed by atoms with Gasteiger partial charge in [-0.25, -0.2) is 4.79 Å². The first-order chi connectivity index (χ1) is 12.2. The molecule has 26 heavy (non-hydrogen) atoms. The van der Waals surface area contributed by atoms with Crippen LogP contribution in [0.2, 0.25) is 0 Å². The van der Waals surface area contributed by atoms with Crippen molar-refractivity contribution in [3.63, 3.8) is 0 Å². The lowest BCUT2D eigenvalue weighted by Gasteiger charge is -2.17. The Labute approximate surface area is 149 Å². The predicted octanol–water partition coefficient (Wildman–Crippen LogP) is 3.80. The number of aryl methyl sites for hydroxylation is 3. The number of nitrogens with one attached hydrogen (secondary N) is 1. The van der Waals surface area contributed by atoms with Crippen molar-refractivity contribution in [1.29, 1.82) is 0 Å². The standard InChI is InChI=1S/C19H20F3NO3/c1-12-11-15(10-6-9-14-7-4-3-5-8-14)26-18(25)16(12)17(24)23-13(2)19(20,21)22/h3-5,7-8,11,13H,6,9-10H2,1-2H3,(H,23,24). The van der Waals surface area contributed by atoms with Crippen LogP contribution in [0.25, 0.3) is 0 Å². The molecule has 0 bridgehead atoms. The minimum atomic E-state index is -4.58. The van der Waals surface area contributed by atoms with E-state index in [1.165, 1.54) is 13.0 Å². The number of hydrogen-bond acceptors (Lipinski definition) is 3. The van der Waals surface area contributed by atoms with Crippen molar-refractivity contribution in [2.75, 3.05) is 0 Å². The molecular formula is C19H20F3NO3. The summed E-state index contributed by atoms with van der Waals surface area (Å²) in [5.74, 6) is -0.680. The van der Waals surface area contributed by atoms with Crippen molar-refractivity contribution in [1.82, 2.24) is 5.32 Å². The highest BCUT2D eigenvalue weighted by Crippen LogP contribution is 2.20. The zero-order valence-electron chi connectivity index (χ0n) is 14.5.